The Kier molecular flexibility index (Phi) is 9.20. The third kappa shape index (κ3) is 9.87. The lowest BCUT2D eigenvalue weighted by atomic mass is 10.0. The van der Waals surface area contributed by atoms with Gasteiger partial charge in [-0.2, -0.15) is 0 Å². The van der Waals surface area contributed by atoms with Crippen LogP contribution >= 0.6 is 0 Å². The number of carbonyl (C=O) groups is 3. The third-order valence-electron chi connectivity index (χ3n) is 2.57. The van der Waals surface area contributed by atoms with E-state index in [4.69, 9.17) is 5.11 Å². The number of hydrogen-bond acceptors (Lipinski definition) is 3. The molecule has 19 heavy (non-hydrogen) atoms. The number of carboxylic acids is 1. The molecule has 0 fully saturated rings. The molecular formula is C12H23N3O4. The number of hydrogen-bond donors (Lipinski definition) is 4. The van der Waals surface area contributed by atoms with Crippen molar-refractivity contribution in [1.29, 1.82) is 0 Å². The molecule has 0 saturated heterocycles. The minimum absolute atomic E-state index is 0.0216. The van der Waals surface area contributed by atoms with Gasteiger partial charge in [-0.15, -0.1) is 0 Å². The molecule has 1 unspecified atom stereocenters. The Morgan fingerprint density at radius 3 is 2.32 bits per heavy atom. The molecule has 110 valence electrons. The molecule has 0 spiro atoms. The second kappa shape index (κ2) is 10.2. The van der Waals surface area contributed by atoms with E-state index >= 15 is 0 Å². The molecule has 4 N–H and O–H groups in total. The molecule has 0 aromatic rings. The number of aliphatic carboxylic acids is 1. The van der Waals surface area contributed by atoms with Crippen LogP contribution in [0.5, 0.6) is 0 Å². The maximum atomic E-state index is 11.4. The van der Waals surface area contributed by atoms with Gasteiger partial charge in [-0.05, 0) is 12.3 Å². The Morgan fingerprint density at radius 2 is 1.79 bits per heavy atom. The van der Waals surface area contributed by atoms with Crippen LogP contribution in [0.25, 0.3) is 0 Å². The summed E-state index contributed by atoms with van der Waals surface area (Å²) in [6, 6.07) is -0.463. The number of carbonyl (C=O) groups excluding carboxylic acids is 2. The molecule has 7 nitrogen and oxygen atoms in total. The first-order chi connectivity index (χ1) is 8.99. The van der Waals surface area contributed by atoms with Gasteiger partial charge in [0.1, 0.15) is 0 Å². The van der Waals surface area contributed by atoms with Crippen molar-refractivity contribution in [2.75, 3.05) is 19.6 Å². The normalized spacial score (nSPS) is 11.5. The number of amides is 3. The van der Waals surface area contributed by atoms with Gasteiger partial charge in [0.05, 0.1) is 6.54 Å². The summed E-state index contributed by atoms with van der Waals surface area (Å²) in [5.74, 6) is -1.22. The van der Waals surface area contributed by atoms with Crippen molar-refractivity contribution in [2.24, 2.45) is 5.92 Å². The molecule has 0 aromatic heterocycles. The van der Waals surface area contributed by atoms with Crippen LogP contribution in [-0.4, -0.2) is 42.6 Å². The average Bonchev–Trinajstić information content (AvgIpc) is 2.38. The lowest BCUT2D eigenvalue weighted by Gasteiger charge is -2.13. The molecule has 0 rings (SSSR count). The SMILES string of the molecule is CCCNC(=O)CNC(=O)NCC(CC)CC(=O)O. The Balaban J connectivity index is 3.79. The van der Waals surface area contributed by atoms with Gasteiger partial charge in [0.2, 0.25) is 5.91 Å². The van der Waals surface area contributed by atoms with Gasteiger partial charge in [-0.25, -0.2) is 4.79 Å². The summed E-state index contributed by atoms with van der Waals surface area (Å²) in [5, 5.41) is 16.3. The summed E-state index contributed by atoms with van der Waals surface area (Å²) >= 11 is 0. The average molecular weight is 273 g/mol. The third-order valence-corrected chi connectivity index (χ3v) is 2.57. The van der Waals surface area contributed by atoms with Crippen LogP contribution in [-0.2, 0) is 9.59 Å². The summed E-state index contributed by atoms with van der Waals surface area (Å²) in [7, 11) is 0. The van der Waals surface area contributed by atoms with E-state index in [0.29, 0.717) is 13.0 Å². The number of carboxylic acid groups (broad SMARTS) is 1. The maximum Gasteiger partial charge on any atom is 0.315 e. The van der Waals surface area contributed by atoms with Crippen LogP contribution in [0, 0.1) is 5.92 Å². The molecule has 0 bridgehead atoms. The fraction of sp³-hybridized carbons (Fsp3) is 0.750. The highest BCUT2D eigenvalue weighted by molar-refractivity contribution is 5.83. The molecule has 0 aliphatic carbocycles. The van der Waals surface area contributed by atoms with Crippen molar-refractivity contribution in [2.45, 2.75) is 33.1 Å². The molecule has 0 saturated carbocycles. The van der Waals surface area contributed by atoms with E-state index in [0.717, 1.165) is 6.42 Å². The van der Waals surface area contributed by atoms with E-state index < -0.39 is 12.0 Å². The van der Waals surface area contributed by atoms with Crippen LogP contribution in [0.2, 0.25) is 0 Å². The van der Waals surface area contributed by atoms with Crippen LogP contribution in [0.3, 0.4) is 0 Å². The summed E-state index contributed by atoms with van der Waals surface area (Å²) < 4.78 is 0. The number of urea groups is 1. The molecular weight excluding hydrogens is 250 g/mol. The van der Waals surface area contributed by atoms with Crippen molar-refractivity contribution in [3.8, 4) is 0 Å². The van der Waals surface area contributed by atoms with Crippen molar-refractivity contribution in [3.63, 3.8) is 0 Å². The van der Waals surface area contributed by atoms with Gasteiger partial charge in [-0.1, -0.05) is 20.3 Å². The van der Waals surface area contributed by atoms with Crippen molar-refractivity contribution >= 4 is 17.9 Å². The predicted molar refractivity (Wildman–Crippen MR) is 70.7 cm³/mol. The molecule has 0 aliphatic heterocycles. The second-order valence-corrected chi connectivity index (χ2v) is 4.29. The highest BCUT2D eigenvalue weighted by Gasteiger charge is 2.12. The zero-order valence-corrected chi connectivity index (χ0v) is 11.5. The summed E-state index contributed by atoms with van der Waals surface area (Å²) in [4.78, 5) is 33.1. The van der Waals surface area contributed by atoms with E-state index in [1.54, 1.807) is 0 Å². The first-order valence-corrected chi connectivity index (χ1v) is 6.49. The number of rotatable bonds is 9. The van der Waals surface area contributed by atoms with Crippen LogP contribution < -0.4 is 16.0 Å². The van der Waals surface area contributed by atoms with E-state index in [1.807, 2.05) is 13.8 Å². The van der Waals surface area contributed by atoms with E-state index in [2.05, 4.69) is 16.0 Å². The highest BCUT2D eigenvalue weighted by Crippen LogP contribution is 2.06. The first-order valence-electron chi connectivity index (χ1n) is 6.49. The minimum atomic E-state index is -0.881. The van der Waals surface area contributed by atoms with Crippen LogP contribution in [0.4, 0.5) is 4.79 Å². The Hall–Kier alpha value is -1.79. The molecule has 0 radical (unpaired) electrons. The molecule has 0 aliphatic rings. The Labute approximate surface area is 113 Å². The molecule has 0 heterocycles. The summed E-state index contributed by atoms with van der Waals surface area (Å²) in [6.07, 6.45) is 1.53. The van der Waals surface area contributed by atoms with Gasteiger partial charge in [0.15, 0.2) is 0 Å². The topological polar surface area (TPSA) is 108 Å². The van der Waals surface area contributed by atoms with Crippen LogP contribution in [0.15, 0.2) is 0 Å². The lowest BCUT2D eigenvalue weighted by Crippen LogP contribution is -2.43. The summed E-state index contributed by atoms with van der Waals surface area (Å²) in [5.41, 5.74) is 0. The van der Waals surface area contributed by atoms with Gasteiger partial charge in [0, 0.05) is 19.5 Å². The smallest absolute Gasteiger partial charge is 0.315 e. The van der Waals surface area contributed by atoms with Gasteiger partial charge in [-0.3, -0.25) is 9.59 Å². The van der Waals surface area contributed by atoms with Crippen molar-refractivity contribution in [1.82, 2.24) is 16.0 Å². The maximum absolute atomic E-state index is 11.4. The molecule has 3 amide bonds. The Bertz CT molecular complexity index is 307. The fourth-order valence-corrected chi connectivity index (χ4v) is 1.39. The number of nitrogens with one attached hydrogen (secondary N) is 3. The van der Waals surface area contributed by atoms with Crippen molar-refractivity contribution < 1.29 is 19.5 Å². The zero-order chi connectivity index (χ0) is 14.7. The van der Waals surface area contributed by atoms with Gasteiger partial charge >= 0.3 is 12.0 Å². The Morgan fingerprint density at radius 1 is 1.11 bits per heavy atom. The second-order valence-electron chi connectivity index (χ2n) is 4.29. The summed E-state index contributed by atoms with van der Waals surface area (Å²) in [6.45, 7) is 4.59. The highest BCUT2D eigenvalue weighted by atomic mass is 16.4. The van der Waals surface area contributed by atoms with Gasteiger partial charge in [0.25, 0.3) is 0 Å². The fourth-order valence-electron chi connectivity index (χ4n) is 1.39. The van der Waals surface area contributed by atoms with E-state index in [1.165, 1.54) is 0 Å². The standard InChI is InChI=1S/C12H23N3O4/c1-3-5-13-10(16)8-15-12(19)14-7-9(4-2)6-11(17)18/h9H,3-8H2,1-2H3,(H,13,16)(H,17,18)(H2,14,15,19). The lowest BCUT2D eigenvalue weighted by molar-refractivity contribution is -0.138. The zero-order valence-electron chi connectivity index (χ0n) is 11.5. The largest absolute Gasteiger partial charge is 0.481 e. The van der Waals surface area contributed by atoms with E-state index in [-0.39, 0.29) is 31.3 Å². The quantitative estimate of drug-likeness (QED) is 0.485. The van der Waals surface area contributed by atoms with E-state index in [9.17, 15) is 14.4 Å². The first kappa shape index (κ1) is 17.2. The molecule has 7 heteroatoms. The van der Waals surface area contributed by atoms with Gasteiger partial charge < -0.3 is 21.1 Å². The van der Waals surface area contributed by atoms with Crippen LogP contribution in [0.1, 0.15) is 33.1 Å². The molecule has 1 atom stereocenters. The predicted octanol–water partition coefficient (Wildman–Crippen LogP) is 0.313. The molecule has 0 aromatic carbocycles. The monoisotopic (exact) mass is 273 g/mol. The van der Waals surface area contributed by atoms with Crippen molar-refractivity contribution in [3.05, 3.63) is 0 Å². The minimum Gasteiger partial charge on any atom is -0.481 e.